The molecule has 1 aromatic carbocycles. The molecule has 0 aliphatic heterocycles. The molecule has 0 heterocycles. The Morgan fingerprint density at radius 3 is 2.75 bits per heavy atom. The van der Waals surface area contributed by atoms with Crippen LogP contribution in [0.25, 0.3) is 6.08 Å². The quantitative estimate of drug-likeness (QED) is 0.559. The molecule has 0 saturated heterocycles. The Hall–Kier alpha value is -1.62. The highest BCUT2D eigenvalue weighted by atomic mass is 32.2. The molecule has 0 amide bonds. The van der Waals surface area contributed by atoms with E-state index in [4.69, 9.17) is 14.6 Å². The normalized spacial score (nSPS) is 10.7. The molecule has 1 rings (SSSR count). The lowest BCUT2D eigenvalue weighted by atomic mass is 10.2. The van der Waals surface area contributed by atoms with Crippen LogP contribution in [0.15, 0.2) is 24.3 Å². The summed E-state index contributed by atoms with van der Waals surface area (Å²) >= 11 is 1.82. The van der Waals surface area contributed by atoms with E-state index in [1.54, 1.807) is 6.07 Å². The Kier molecular flexibility index (Phi) is 7.65. The van der Waals surface area contributed by atoms with E-state index in [2.05, 4.69) is 6.92 Å². The Morgan fingerprint density at radius 1 is 1.30 bits per heavy atom. The van der Waals surface area contributed by atoms with Crippen molar-refractivity contribution in [3.63, 3.8) is 0 Å². The average molecular weight is 296 g/mol. The van der Waals surface area contributed by atoms with E-state index < -0.39 is 5.97 Å². The zero-order chi connectivity index (χ0) is 14.8. The number of carbonyl (C=O) groups is 1. The first kappa shape index (κ1) is 16.4. The maximum absolute atomic E-state index is 10.5. The second kappa shape index (κ2) is 9.31. The maximum Gasteiger partial charge on any atom is 0.328 e. The third kappa shape index (κ3) is 6.02. The number of aliphatic carboxylic acids is 1. The van der Waals surface area contributed by atoms with E-state index in [0.29, 0.717) is 24.7 Å². The summed E-state index contributed by atoms with van der Waals surface area (Å²) in [5.74, 6) is 2.36. The van der Waals surface area contributed by atoms with Crippen molar-refractivity contribution in [3.8, 4) is 11.5 Å². The molecule has 1 N–H and O–H groups in total. The van der Waals surface area contributed by atoms with Crippen LogP contribution >= 0.6 is 11.8 Å². The molecule has 0 spiro atoms. The fourth-order valence-corrected chi connectivity index (χ4v) is 2.03. The van der Waals surface area contributed by atoms with Crippen molar-refractivity contribution >= 4 is 23.8 Å². The second-order valence-electron chi connectivity index (χ2n) is 3.86. The van der Waals surface area contributed by atoms with Crippen molar-refractivity contribution in [2.24, 2.45) is 0 Å². The van der Waals surface area contributed by atoms with Crippen molar-refractivity contribution in [2.45, 2.75) is 13.8 Å². The number of benzene rings is 1. The van der Waals surface area contributed by atoms with Gasteiger partial charge in [-0.3, -0.25) is 0 Å². The van der Waals surface area contributed by atoms with Crippen molar-refractivity contribution in [1.82, 2.24) is 0 Å². The van der Waals surface area contributed by atoms with E-state index in [9.17, 15) is 4.79 Å². The molecule has 0 saturated carbocycles. The van der Waals surface area contributed by atoms with Gasteiger partial charge in [0.15, 0.2) is 11.5 Å². The topological polar surface area (TPSA) is 55.8 Å². The first-order valence-electron chi connectivity index (χ1n) is 6.55. The Balaban J connectivity index is 2.76. The minimum absolute atomic E-state index is 0.534. The van der Waals surface area contributed by atoms with E-state index in [1.165, 1.54) is 6.08 Å². The number of ether oxygens (including phenoxy) is 2. The lowest BCUT2D eigenvalue weighted by Crippen LogP contribution is -2.03. The monoisotopic (exact) mass is 296 g/mol. The van der Waals surface area contributed by atoms with Crippen LogP contribution in [-0.4, -0.2) is 35.8 Å². The Morgan fingerprint density at radius 2 is 2.10 bits per heavy atom. The van der Waals surface area contributed by atoms with Gasteiger partial charge in [-0.25, -0.2) is 4.79 Å². The molecule has 110 valence electrons. The van der Waals surface area contributed by atoms with Crippen molar-refractivity contribution < 1.29 is 19.4 Å². The lowest BCUT2D eigenvalue weighted by Gasteiger charge is -2.12. The highest BCUT2D eigenvalue weighted by molar-refractivity contribution is 7.99. The number of hydrogen-bond acceptors (Lipinski definition) is 4. The second-order valence-corrected chi connectivity index (χ2v) is 5.25. The zero-order valence-corrected chi connectivity index (χ0v) is 12.6. The first-order chi connectivity index (χ1) is 9.67. The van der Waals surface area contributed by atoms with Crippen LogP contribution in [-0.2, 0) is 4.79 Å². The minimum atomic E-state index is -0.972. The van der Waals surface area contributed by atoms with E-state index in [-0.39, 0.29) is 0 Å². The number of hydrogen-bond donors (Lipinski definition) is 1. The van der Waals surface area contributed by atoms with Crippen LogP contribution in [0.2, 0.25) is 0 Å². The van der Waals surface area contributed by atoms with Crippen LogP contribution in [0.5, 0.6) is 11.5 Å². The predicted octanol–water partition coefficient (Wildman–Crippen LogP) is 3.32. The number of carboxylic acid groups (broad SMARTS) is 1. The van der Waals surface area contributed by atoms with Crippen LogP contribution in [0.4, 0.5) is 0 Å². The molecule has 5 heteroatoms. The lowest BCUT2D eigenvalue weighted by molar-refractivity contribution is -0.131. The highest BCUT2D eigenvalue weighted by Crippen LogP contribution is 2.29. The third-order valence-electron chi connectivity index (χ3n) is 2.38. The number of carboxylic acids is 1. The largest absolute Gasteiger partial charge is 0.490 e. The van der Waals surface area contributed by atoms with E-state index >= 15 is 0 Å². The molecule has 0 aromatic heterocycles. The van der Waals surface area contributed by atoms with Crippen LogP contribution in [0, 0.1) is 0 Å². The molecule has 0 fully saturated rings. The molecular weight excluding hydrogens is 276 g/mol. The van der Waals surface area contributed by atoms with Gasteiger partial charge in [0.25, 0.3) is 0 Å². The van der Waals surface area contributed by atoms with Gasteiger partial charge >= 0.3 is 5.97 Å². The number of thioether (sulfide) groups is 1. The number of rotatable bonds is 9. The molecule has 0 unspecified atom stereocenters. The van der Waals surface area contributed by atoms with Gasteiger partial charge in [-0.1, -0.05) is 13.0 Å². The molecule has 20 heavy (non-hydrogen) atoms. The first-order valence-corrected chi connectivity index (χ1v) is 7.71. The maximum atomic E-state index is 10.5. The van der Waals surface area contributed by atoms with E-state index in [0.717, 1.165) is 23.1 Å². The van der Waals surface area contributed by atoms with Gasteiger partial charge in [-0.05, 0) is 36.4 Å². The highest BCUT2D eigenvalue weighted by Gasteiger charge is 2.05. The molecule has 0 atom stereocenters. The summed E-state index contributed by atoms with van der Waals surface area (Å²) in [6.07, 6.45) is 2.63. The molecular formula is C15H20O4S. The van der Waals surface area contributed by atoms with E-state index in [1.807, 2.05) is 30.8 Å². The fourth-order valence-electron chi connectivity index (χ4n) is 1.54. The molecule has 1 aromatic rings. The van der Waals surface area contributed by atoms with Gasteiger partial charge in [0, 0.05) is 11.8 Å². The van der Waals surface area contributed by atoms with Crippen molar-refractivity contribution in [1.29, 1.82) is 0 Å². The van der Waals surface area contributed by atoms with Crippen LogP contribution in [0.1, 0.15) is 19.4 Å². The summed E-state index contributed by atoms with van der Waals surface area (Å²) in [6.45, 7) is 5.17. The molecule has 0 aliphatic rings. The summed E-state index contributed by atoms with van der Waals surface area (Å²) in [5.41, 5.74) is 0.770. The Bertz CT molecular complexity index is 457. The molecule has 0 aliphatic carbocycles. The van der Waals surface area contributed by atoms with Crippen molar-refractivity contribution in [3.05, 3.63) is 29.8 Å². The smallest absolute Gasteiger partial charge is 0.328 e. The molecule has 0 bridgehead atoms. The van der Waals surface area contributed by atoms with Gasteiger partial charge in [0.1, 0.15) is 0 Å². The summed E-state index contributed by atoms with van der Waals surface area (Å²) in [7, 11) is 0. The van der Waals surface area contributed by atoms with Crippen LogP contribution < -0.4 is 9.47 Å². The average Bonchev–Trinajstić information content (AvgIpc) is 2.43. The molecule has 0 radical (unpaired) electrons. The van der Waals surface area contributed by atoms with Gasteiger partial charge in [-0.15, -0.1) is 0 Å². The molecule has 4 nitrogen and oxygen atoms in total. The summed E-state index contributed by atoms with van der Waals surface area (Å²) in [4.78, 5) is 10.5. The summed E-state index contributed by atoms with van der Waals surface area (Å²) < 4.78 is 11.2. The minimum Gasteiger partial charge on any atom is -0.490 e. The van der Waals surface area contributed by atoms with Crippen molar-refractivity contribution in [2.75, 3.05) is 24.7 Å². The predicted molar refractivity (Wildman–Crippen MR) is 82.8 cm³/mol. The Labute approximate surface area is 123 Å². The van der Waals surface area contributed by atoms with Gasteiger partial charge in [0.05, 0.1) is 13.2 Å². The standard InChI is InChI=1S/C15H20O4S/c1-3-18-14-11-12(6-8-15(16)17)5-7-13(14)19-9-10-20-4-2/h5-8,11H,3-4,9-10H2,1-2H3,(H,16,17)/b8-6+. The zero-order valence-electron chi connectivity index (χ0n) is 11.8. The third-order valence-corrected chi connectivity index (χ3v) is 3.24. The van der Waals surface area contributed by atoms with Gasteiger partial charge < -0.3 is 14.6 Å². The van der Waals surface area contributed by atoms with Gasteiger partial charge in [0.2, 0.25) is 0 Å². The van der Waals surface area contributed by atoms with Gasteiger partial charge in [-0.2, -0.15) is 11.8 Å². The SMILES string of the molecule is CCOc1cc(/C=C/C(=O)O)ccc1OCCSCC. The fraction of sp³-hybridized carbons (Fsp3) is 0.400. The summed E-state index contributed by atoms with van der Waals surface area (Å²) in [6, 6.07) is 5.40. The summed E-state index contributed by atoms with van der Waals surface area (Å²) in [5, 5.41) is 8.62. The van der Waals surface area contributed by atoms with Crippen LogP contribution in [0.3, 0.4) is 0 Å².